The molecule has 0 amide bonds. The van der Waals surface area contributed by atoms with Crippen molar-refractivity contribution in [1.82, 2.24) is 15.5 Å². The maximum absolute atomic E-state index is 11.3. The summed E-state index contributed by atoms with van der Waals surface area (Å²) in [4.78, 5) is 15.4. The molecule has 5 heteroatoms. The van der Waals surface area contributed by atoms with Crippen LogP contribution in [0.15, 0.2) is 4.52 Å². The van der Waals surface area contributed by atoms with E-state index in [0.717, 1.165) is 0 Å². The molecule has 1 aliphatic rings. The van der Waals surface area contributed by atoms with Crippen LogP contribution in [0.25, 0.3) is 0 Å². The highest BCUT2D eigenvalue weighted by Gasteiger charge is 2.27. The van der Waals surface area contributed by atoms with Gasteiger partial charge in [-0.15, -0.1) is 0 Å². The summed E-state index contributed by atoms with van der Waals surface area (Å²) in [6.07, 6.45) is 1.05. The van der Waals surface area contributed by atoms with Crippen LogP contribution in [0, 0.1) is 6.92 Å². The number of carbonyl (C=O) groups is 1. The number of aromatic nitrogens is 2. The number of ketones is 1. The molecule has 1 saturated heterocycles. The lowest BCUT2D eigenvalue weighted by molar-refractivity contribution is -0.121. The van der Waals surface area contributed by atoms with Crippen molar-refractivity contribution in [2.75, 3.05) is 0 Å². The fourth-order valence-corrected chi connectivity index (χ4v) is 1.74. The highest BCUT2D eigenvalue weighted by atomic mass is 16.5. The van der Waals surface area contributed by atoms with Crippen molar-refractivity contribution in [3.8, 4) is 0 Å². The first-order chi connectivity index (χ1) is 6.65. The lowest BCUT2D eigenvalue weighted by atomic mass is 9.98. The van der Waals surface area contributed by atoms with E-state index in [1.807, 2.05) is 6.92 Å². The summed E-state index contributed by atoms with van der Waals surface area (Å²) in [5.41, 5.74) is 0. The molecule has 5 nitrogen and oxygen atoms in total. The van der Waals surface area contributed by atoms with Crippen LogP contribution in [0.1, 0.15) is 37.5 Å². The van der Waals surface area contributed by atoms with E-state index < -0.39 is 0 Å². The quantitative estimate of drug-likeness (QED) is 0.716. The molecule has 0 spiro atoms. The van der Waals surface area contributed by atoms with Gasteiger partial charge in [0.05, 0.1) is 6.04 Å². The molecule has 0 aromatic carbocycles. The fourth-order valence-electron chi connectivity index (χ4n) is 1.74. The second-order valence-corrected chi connectivity index (χ2v) is 3.74. The SMILES string of the molecule is Cc1nc(C2CC(=O)CC(C)N2)no1. The summed E-state index contributed by atoms with van der Waals surface area (Å²) in [7, 11) is 0. The van der Waals surface area contributed by atoms with Gasteiger partial charge in [-0.3, -0.25) is 4.79 Å². The molecule has 2 unspecified atom stereocenters. The van der Waals surface area contributed by atoms with Crippen molar-refractivity contribution in [3.05, 3.63) is 11.7 Å². The Bertz CT molecular complexity index is 348. The van der Waals surface area contributed by atoms with E-state index in [2.05, 4.69) is 15.5 Å². The Hall–Kier alpha value is -1.23. The van der Waals surface area contributed by atoms with E-state index in [1.165, 1.54) is 0 Å². The van der Waals surface area contributed by atoms with Gasteiger partial charge in [-0.25, -0.2) is 0 Å². The number of hydrogen-bond acceptors (Lipinski definition) is 5. The van der Waals surface area contributed by atoms with Crippen LogP contribution in [0.5, 0.6) is 0 Å². The zero-order chi connectivity index (χ0) is 10.1. The predicted molar refractivity (Wildman–Crippen MR) is 48.6 cm³/mol. The van der Waals surface area contributed by atoms with Gasteiger partial charge in [0.25, 0.3) is 0 Å². The second kappa shape index (κ2) is 3.49. The lowest BCUT2D eigenvalue weighted by Crippen LogP contribution is -2.39. The summed E-state index contributed by atoms with van der Waals surface area (Å²) in [6, 6.07) is 0.115. The van der Waals surface area contributed by atoms with Crippen molar-refractivity contribution in [1.29, 1.82) is 0 Å². The van der Waals surface area contributed by atoms with Crippen LogP contribution in [-0.4, -0.2) is 22.0 Å². The zero-order valence-corrected chi connectivity index (χ0v) is 8.28. The van der Waals surface area contributed by atoms with E-state index in [4.69, 9.17) is 4.52 Å². The molecule has 1 aromatic rings. The minimum absolute atomic E-state index is 0.0799. The maximum Gasteiger partial charge on any atom is 0.223 e. The number of rotatable bonds is 1. The number of nitrogens with zero attached hydrogens (tertiary/aromatic N) is 2. The van der Waals surface area contributed by atoms with Gasteiger partial charge >= 0.3 is 0 Å². The molecule has 1 fully saturated rings. The average molecular weight is 195 g/mol. The van der Waals surface area contributed by atoms with Crippen LogP contribution in [0.2, 0.25) is 0 Å². The molecule has 1 N–H and O–H groups in total. The van der Waals surface area contributed by atoms with Gasteiger partial charge in [0, 0.05) is 25.8 Å². The van der Waals surface area contributed by atoms with E-state index in [0.29, 0.717) is 24.6 Å². The first kappa shape index (κ1) is 9.33. The van der Waals surface area contributed by atoms with Crippen LogP contribution >= 0.6 is 0 Å². The number of Topliss-reactive ketones (excluding diaryl/α,β-unsaturated/α-hetero) is 1. The molecule has 14 heavy (non-hydrogen) atoms. The van der Waals surface area contributed by atoms with Crippen molar-refractivity contribution in [3.63, 3.8) is 0 Å². The first-order valence-electron chi connectivity index (χ1n) is 4.73. The van der Waals surface area contributed by atoms with Crippen LogP contribution in [-0.2, 0) is 4.79 Å². The minimum atomic E-state index is -0.0799. The number of nitrogens with one attached hydrogen (secondary N) is 1. The predicted octanol–water partition coefficient (Wildman–Crippen LogP) is 0.760. The van der Waals surface area contributed by atoms with Crippen molar-refractivity contribution in [2.24, 2.45) is 0 Å². The van der Waals surface area contributed by atoms with Crippen LogP contribution in [0.4, 0.5) is 0 Å². The average Bonchev–Trinajstić information content (AvgIpc) is 2.50. The Morgan fingerprint density at radius 3 is 2.86 bits per heavy atom. The molecule has 0 aliphatic carbocycles. The van der Waals surface area contributed by atoms with Crippen molar-refractivity contribution < 1.29 is 9.32 Å². The summed E-state index contributed by atoms with van der Waals surface area (Å²) in [6.45, 7) is 3.72. The third-order valence-electron chi connectivity index (χ3n) is 2.31. The van der Waals surface area contributed by atoms with Crippen molar-refractivity contribution >= 4 is 5.78 Å². The Morgan fingerprint density at radius 2 is 2.29 bits per heavy atom. The molecule has 0 bridgehead atoms. The Kier molecular flexibility index (Phi) is 2.33. The third kappa shape index (κ3) is 1.82. The highest BCUT2D eigenvalue weighted by Crippen LogP contribution is 2.20. The van der Waals surface area contributed by atoms with Gasteiger partial charge in [-0.05, 0) is 6.92 Å². The summed E-state index contributed by atoms with van der Waals surface area (Å²) in [5, 5.41) is 7.08. The number of aryl methyl sites for hydroxylation is 1. The minimum Gasteiger partial charge on any atom is -0.340 e. The largest absolute Gasteiger partial charge is 0.340 e. The molecule has 1 aromatic heterocycles. The van der Waals surface area contributed by atoms with Gasteiger partial charge < -0.3 is 9.84 Å². The zero-order valence-electron chi connectivity index (χ0n) is 8.28. The van der Waals surface area contributed by atoms with E-state index in [-0.39, 0.29) is 17.9 Å². The van der Waals surface area contributed by atoms with Gasteiger partial charge in [0.1, 0.15) is 5.78 Å². The van der Waals surface area contributed by atoms with E-state index >= 15 is 0 Å². The van der Waals surface area contributed by atoms with Crippen molar-refractivity contribution in [2.45, 2.75) is 38.8 Å². The molecule has 2 rings (SSSR count). The fraction of sp³-hybridized carbons (Fsp3) is 0.667. The van der Waals surface area contributed by atoms with Gasteiger partial charge in [-0.1, -0.05) is 5.16 Å². The Labute approximate surface area is 81.9 Å². The normalized spacial score (nSPS) is 28.0. The molecular weight excluding hydrogens is 182 g/mol. The molecule has 1 aliphatic heterocycles. The highest BCUT2D eigenvalue weighted by molar-refractivity contribution is 5.80. The first-order valence-corrected chi connectivity index (χ1v) is 4.73. The summed E-state index contributed by atoms with van der Waals surface area (Å²) in [5.74, 6) is 1.37. The molecular formula is C9H13N3O2. The second-order valence-electron chi connectivity index (χ2n) is 3.74. The monoisotopic (exact) mass is 195 g/mol. The van der Waals surface area contributed by atoms with Gasteiger partial charge in [-0.2, -0.15) is 4.98 Å². The Morgan fingerprint density at radius 1 is 1.50 bits per heavy atom. The summed E-state index contributed by atoms with van der Waals surface area (Å²) >= 11 is 0. The Balaban J connectivity index is 2.14. The molecule has 0 radical (unpaired) electrons. The standard InChI is InChI=1S/C9H13N3O2/c1-5-3-7(13)4-8(10-5)9-11-6(2)14-12-9/h5,8,10H,3-4H2,1-2H3. The molecule has 0 saturated carbocycles. The third-order valence-corrected chi connectivity index (χ3v) is 2.31. The smallest absolute Gasteiger partial charge is 0.223 e. The topological polar surface area (TPSA) is 68.0 Å². The van der Waals surface area contributed by atoms with E-state index in [1.54, 1.807) is 6.92 Å². The number of piperidine rings is 1. The van der Waals surface area contributed by atoms with Gasteiger partial charge in [0.2, 0.25) is 5.89 Å². The molecule has 2 atom stereocenters. The van der Waals surface area contributed by atoms with E-state index in [9.17, 15) is 4.79 Å². The van der Waals surface area contributed by atoms with Gasteiger partial charge in [0.15, 0.2) is 5.82 Å². The number of carbonyl (C=O) groups excluding carboxylic acids is 1. The van der Waals surface area contributed by atoms with Crippen LogP contribution < -0.4 is 5.32 Å². The molecule has 76 valence electrons. The summed E-state index contributed by atoms with van der Waals surface area (Å²) < 4.78 is 4.88. The lowest BCUT2D eigenvalue weighted by Gasteiger charge is -2.25. The van der Waals surface area contributed by atoms with Crippen LogP contribution in [0.3, 0.4) is 0 Å². The maximum atomic E-state index is 11.3. The molecule has 2 heterocycles. The number of hydrogen-bond donors (Lipinski definition) is 1.